The van der Waals surface area contributed by atoms with E-state index in [1.165, 1.54) is 7.11 Å². The van der Waals surface area contributed by atoms with Gasteiger partial charge in [0.1, 0.15) is 7.11 Å². The molecule has 2 nitrogen and oxygen atoms in total. The second kappa shape index (κ2) is 3.73. The van der Waals surface area contributed by atoms with Crippen molar-refractivity contribution < 1.29 is 4.84 Å². The highest BCUT2D eigenvalue weighted by molar-refractivity contribution is 9.11. The number of oxime groups is 1. The lowest BCUT2D eigenvalue weighted by Gasteiger charge is -1.82. The van der Waals surface area contributed by atoms with Crippen molar-refractivity contribution >= 4 is 33.5 Å². The predicted octanol–water partition coefficient (Wildman–Crippen LogP) is 2.49. The summed E-state index contributed by atoms with van der Waals surface area (Å²) in [5.74, 6) is 0. The fraction of sp³-hybridized carbons (Fsp3) is 0.167. The summed E-state index contributed by atoms with van der Waals surface area (Å²) in [5, 5.41) is 3.62. The van der Waals surface area contributed by atoms with E-state index < -0.39 is 0 Å². The van der Waals surface area contributed by atoms with Crippen molar-refractivity contribution in [3.05, 3.63) is 20.8 Å². The Balaban J connectivity index is 2.67. The second-order valence-corrected chi connectivity index (χ2v) is 4.05. The monoisotopic (exact) mass is 219 g/mol. The fourth-order valence-corrected chi connectivity index (χ4v) is 1.79. The van der Waals surface area contributed by atoms with Gasteiger partial charge in [-0.15, -0.1) is 11.3 Å². The third-order valence-corrected chi connectivity index (χ3v) is 2.44. The lowest BCUT2D eigenvalue weighted by molar-refractivity contribution is 0.215. The van der Waals surface area contributed by atoms with Crippen molar-refractivity contribution in [2.75, 3.05) is 7.11 Å². The summed E-state index contributed by atoms with van der Waals surface area (Å²) in [6.07, 6.45) is 1.68. The Kier molecular flexibility index (Phi) is 2.89. The number of hydrogen-bond acceptors (Lipinski definition) is 3. The molecule has 10 heavy (non-hydrogen) atoms. The van der Waals surface area contributed by atoms with E-state index in [2.05, 4.69) is 25.9 Å². The molecule has 1 aromatic heterocycles. The van der Waals surface area contributed by atoms with Crippen LogP contribution in [0.25, 0.3) is 0 Å². The Bertz CT molecular complexity index is 233. The lowest BCUT2D eigenvalue weighted by atomic mass is 10.5. The molecule has 0 saturated carbocycles. The van der Waals surface area contributed by atoms with Gasteiger partial charge in [0, 0.05) is 4.88 Å². The average Bonchev–Trinajstić information content (AvgIpc) is 2.31. The Morgan fingerprint density at radius 3 is 3.00 bits per heavy atom. The van der Waals surface area contributed by atoms with E-state index >= 15 is 0 Å². The molecular weight excluding hydrogens is 214 g/mol. The van der Waals surface area contributed by atoms with E-state index in [4.69, 9.17) is 0 Å². The summed E-state index contributed by atoms with van der Waals surface area (Å²) in [5.41, 5.74) is 0. The molecule has 0 aliphatic heterocycles. The van der Waals surface area contributed by atoms with Gasteiger partial charge in [0.05, 0.1) is 10.0 Å². The Morgan fingerprint density at radius 1 is 1.70 bits per heavy atom. The van der Waals surface area contributed by atoms with Gasteiger partial charge < -0.3 is 4.84 Å². The highest BCUT2D eigenvalue weighted by Gasteiger charge is 1.91. The number of hydrogen-bond donors (Lipinski definition) is 0. The molecule has 54 valence electrons. The molecule has 0 aliphatic carbocycles. The maximum atomic E-state index is 4.52. The first-order valence-electron chi connectivity index (χ1n) is 2.65. The third-order valence-electron chi connectivity index (χ3n) is 0.879. The quantitative estimate of drug-likeness (QED) is 0.554. The molecule has 0 radical (unpaired) electrons. The first kappa shape index (κ1) is 7.75. The molecule has 0 bridgehead atoms. The molecule has 1 rings (SSSR count). The Hall–Kier alpha value is -0.350. The molecule has 0 aliphatic rings. The van der Waals surface area contributed by atoms with E-state index in [9.17, 15) is 0 Å². The molecule has 0 N–H and O–H groups in total. The zero-order chi connectivity index (χ0) is 7.40. The number of thiophene rings is 1. The molecular formula is C6H6BrNOS. The first-order valence-corrected chi connectivity index (χ1v) is 4.26. The van der Waals surface area contributed by atoms with Crippen LogP contribution < -0.4 is 0 Å². The van der Waals surface area contributed by atoms with E-state index in [-0.39, 0.29) is 0 Å². The minimum atomic E-state index is 1.08. The molecule has 0 spiro atoms. The van der Waals surface area contributed by atoms with Gasteiger partial charge >= 0.3 is 0 Å². The third kappa shape index (κ3) is 2.11. The topological polar surface area (TPSA) is 21.6 Å². The van der Waals surface area contributed by atoms with Gasteiger partial charge in [0.25, 0.3) is 0 Å². The minimum Gasteiger partial charge on any atom is -0.399 e. The molecule has 0 fully saturated rings. The van der Waals surface area contributed by atoms with Crippen molar-refractivity contribution in [2.24, 2.45) is 5.16 Å². The largest absolute Gasteiger partial charge is 0.399 e. The van der Waals surface area contributed by atoms with Gasteiger partial charge in [-0.3, -0.25) is 0 Å². The van der Waals surface area contributed by atoms with Gasteiger partial charge in [-0.2, -0.15) is 0 Å². The second-order valence-electron chi connectivity index (χ2n) is 1.56. The number of rotatable bonds is 2. The van der Waals surface area contributed by atoms with Crippen LogP contribution in [0.1, 0.15) is 4.88 Å². The van der Waals surface area contributed by atoms with Crippen molar-refractivity contribution in [3.63, 3.8) is 0 Å². The maximum absolute atomic E-state index is 4.52. The highest BCUT2D eigenvalue weighted by Crippen LogP contribution is 2.20. The maximum Gasteiger partial charge on any atom is 0.106 e. The smallest absolute Gasteiger partial charge is 0.106 e. The normalized spacial score (nSPS) is 10.6. The zero-order valence-electron chi connectivity index (χ0n) is 5.37. The van der Waals surface area contributed by atoms with Gasteiger partial charge in [0.2, 0.25) is 0 Å². The molecule has 1 heterocycles. The van der Waals surface area contributed by atoms with Crippen LogP contribution in [0.15, 0.2) is 21.1 Å². The van der Waals surface area contributed by atoms with Crippen molar-refractivity contribution in [1.29, 1.82) is 0 Å². The van der Waals surface area contributed by atoms with Crippen molar-refractivity contribution in [2.45, 2.75) is 0 Å². The van der Waals surface area contributed by atoms with Gasteiger partial charge in [-0.1, -0.05) is 5.16 Å². The van der Waals surface area contributed by atoms with Crippen molar-refractivity contribution in [1.82, 2.24) is 0 Å². The zero-order valence-corrected chi connectivity index (χ0v) is 7.78. The predicted molar refractivity (Wildman–Crippen MR) is 46.6 cm³/mol. The van der Waals surface area contributed by atoms with Gasteiger partial charge in [-0.05, 0) is 28.1 Å². The van der Waals surface area contributed by atoms with E-state index in [0.29, 0.717) is 0 Å². The molecule has 0 saturated heterocycles. The van der Waals surface area contributed by atoms with Gasteiger partial charge in [0.15, 0.2) is 0 Å². The van der Waals surface area contributed by atoms with Gasteiger partial charge in [-0.25, -0.2) is 0 Å². The van der Waals surface area contributed by atoms with Crippen molar-refractivity contribution in [3.8, 4) is 0 Å². The molecule has 0 aromatic carbocycles. The summed E-state index contributed by atoms with van der Waals surface area (Å²) in [6.45, 7) is 0. The highest BCUT2D eigenvalue weighted by atomic mass is 79.9. The summed E-state index contributed by atoms with van der Waals surface area (Å²) in [7, 11) is 1.53. The van der Waals surface area contributed by atoms with Crippen LogP contribution in [0.4, 0.5) is 0 Å². The van der Waals surface area contributed by atoms with Crippen LogP contribution >= 0.6 is 27.3 Å². The molecule has 4 heteroatoms. The van der Waals surface area contributed by atoms with Crippen LogP contribution in [0, 0.1) is 0 Å². The van der Waals surface area contributed by atoms with Crippen LogP contribution in [0.3, 0.4) is 0 Å². The van der Waals surface area contributed by atoms with Crippen LogP contribution in [0.2, 0.25) is 0 Å². The molecule has 0 atom stereocenters. The van der Waals surface area contributed by atoms with Crippen LogP contribution in [-0.4, -0.2) is 13.3 Å². The fourth-order valence-electron chi connectivity index (χ4n) is 0.502. The molecule has 1 aromatic rings. The SMILES string of the molecule is CO/N=C\c1ccc(Br)s1. The summed E-state index contributed by atoms with van der Waals surface area (Å²) in [4.78, 5) is 5.59. The number of halogens is 1. The number of nitrogens with zero attached hydrogens (tertiary/aromatic N) is 1. The standard InChI is InChI=1S/C6H6BrNOS/c1-9-8-4-5-2-3-6(7)10-5/h2-4H,1H3/b8-4-. The van der Waals surface area contributed by atoms with E-state index in [1.54, 1.807) is 17.6 Å². The first-order chi connectivity index (χ1) is 4.83. The summed E-state index contributed by atoms with van der Waals surface area (Å²) >= 11 is 4.96. The van der Waals surface area contributed by atoms with E-state index in [1.807, 2.05) is 12.1 Å². The van der Waals surface area contributed by atoms with Crippen LogP contribution in [-0.2, 0) is 4.84 Å². The molecule has 0 amide bonds. The summed E-state index contributed by atoms with van der Waals surface area (Å²) in [6, 6.07) is 3.94. The average molecular weight is 220 g/mol. The van der Waals surface area contributed by atoms with E-state index in [0.717, 1.165) is 8.66 Å². The molecule has 0 unspecified atom stereocenters. The summed E-state index contributed by atoms with van der Waals surface area (Å²) < 4.78 is 1.10. The Morgan fingerprint density at radius 2 is 2.50 bits per heavy atom. The minimum absolute atomic E-state index is 1.08. The Labute approximate surface area is 71.6 Å². The lowest BCUT2D eigenvalue weighted by Crippen LogP contribution is -1.72. The van der Waals surface area contributed by atoms with Crippen LogP contribution in [0.5, 0.6) is 0 Å².